The number of pyridine rings is 1. The van der Waals surface area contributed by atoms with E-state index >= 15 is 0 Å². The number of aromatic nitrogens is 1. The van der Waals surface area contributed by atoms with E-state index in [4.69, 9.17) is 19.2 Å². The molecule has 0 radical (unpaired) electrons. The molecule has 0 spiro atoms. The molecule has 2 heterocycles. The van der Waals surface area contributed by atoms with Gasteiger partial charge in [-0.3, -0.25) is 9.69 Å². The number of hydrogen-bond donors (Lipinski definition) is 0. The first-order chi connectivity index (χ1) is 19.1. The summed E-state index contributed by atoms with van der Waals surface area (Å²) in [5.41, 5.74) is 0.00819. The topological polar surface area (TPSA) is 98.3 Å². The number of imide groups is 1. The van der Waals surface area contributed by atoms with Crippen LogP contribution in [0.1, 0.15) is 40.5 Å². The zero-order chi connectivity index (χ0) is 28.6. The van der Waals surface area contributed by atoms with Crippen molar-refractivity contribution in [1.82, 2.24) is 14.8 Å². The lowest BCUT2D eigenvalue weighted by Crippen LogP contribution is -2.52. The summed E-state index contributed by atoms with van der Waals surface area (Å²) in [6.07, 6.45) is 0.581. The fourth-order valence-electron chi connectivity index (χ4n) is 5.25. The summed E-state index contributed by atoms with van der Waals surface area (Å²) in [4.78, 5) is 47.4. The normalized spacial score (nSPS) is 22.1. The van der Waals surface area contributed by atoms with E-state index in [1.54, 1.807) is 33.8 Å². The first-order valence-electron chi connectivity index (χ1n) is 13.7. The number of hydrogen-bond acceptors (Lipinski definition) is 7. The van der Waals surface area contributed by atoms with E-state index in [0.29, 0.717) is 12.3 Å². The molecule has 2 fully saturated rings. The molecule has 9 heteroatoms. The van der Waals surface area contributed by atoms with Gasteiger partial charge in [-0.2, -0.15) is 0 Å². The van der Waals surface area contributed by atoms with Crippen molar-refractivity contribution >= 4 is 39.8 Å². The van der Waals surface area contributed by atoms with Crippen LogP contribution >= 0.6 is 0 Å². The predicted octanol–water partition coefficient (Wildman–Crippen LogP) is 5.70. The van der Waals surface area contributed by atoms with Crippen LogP contribution in [0.2, 0.25) is 0 Å². The third-order valence-corrected chi connectivity index (χ3v) is 7.17. The molecule has 3 amide bonds. The van der Waals surface area contributed by atoms with Crippen LogP contribution in [0.15, 0.2) is 61.2 Å². The minimum absolute atomic E-state index is 0.00931. The number of benzene rings is 2. The Morgan fingerprint density at radius 1 is 1.05 bits per heavy atom. The van der Waals surface area contributed by atoms with E-state index in [9.17, 15) is 14.4 Å². The number of fused-ring (bicyclic) bond motifs is 3. The van der Waals surface area contributed by atoms with Crippen molar-refractivity contribution in [3.63, 3.8) is 0 Å². The highest BCUT2D eigenvalue weighted by Crippen LogP contribution is 2.39. The van der Waals surface area contributed by atoms with E-state index in [1.807, 2.05) is 48.5 Å². The minimum Gasteiger partial charge on any atom is -0.472 e. The van der Waals surface area contributed by atoms with Crippen molar-refractivity contribution in [3.05, 3.63) is 61.2 Å². The Morgan fingerprint density at radius 2 is 1.73 bits per heavy atom. The number of para-hydroxylation sites is 1. The van der Waals surface area contributed by atoms with E-state index in [1.165, 1.54) is 4.90 Å². The molecule has 3 aromatic rings. The van der Waals surface area contributed by atoms with Gasteiger partial charge in [0, 0.05) is 17.2 Å². The van der Waals surface area contributed by atoms with Crippen LogP contribution in [-0.2, 0) is 14.3 Å². The second-order valence-electron chi connectivity index (χ2n) is 11.2. The molecule has 0 bridgehead atoms. The lowest BCUT2D eigenvalue weighted by atomic mass is 10.1. The number of ether oxygens (including phenoxy) is 3. The maximum Gasteiger partial charge on any atom is 0.416 e. The van der Waals surface area contributed by atoms with Crippen LogP contribution in [-0.4, -0.2) is 69.8 Å². The van der Waals surface area contributed by atoms with Gasteiger partial charge in [-0.05, 0) is 57.6 Å². The highest BCUT2D eigenvalue weighted by Gasteiger charge is 2.51. The van der Waals surface area contributed by atoms with E-state index in [2.05, 4.69) is 6.58 Å². The average Bonchev–Trinajstić information content (AvgIpc) is 3.56. The Labute approximate surface area is 233 Å². The zero-order valence-electron chi connectivity index (χ0n) is 23.3. The van der Waals surface area contributed by atoms with Gasteiger partial charge in [0.05, 0.1) is 24.7 Å². The quantitative estimate of drug-likeness (QED) is 0.289. The van der Waals surface area contributed by atoms with Gasteiger partial charge in [0.1, 0.15) is 17.7 Å². The van der Waals surface area contributed by atoms with Crippen molar-refractivity contribution in [2.45, 2.75) is 64.3 Å². The molecule has 40 heavy (non-hydrogen) atoms. The van der Waals surface area contributed by atoms with Crippen molar-refractivity contribution in [2.24, 2.45) is 5.92 Å². The minimum atomic E-state index is -0.970. The van der Waals surface area contributed by atoms with Crippen molar-refractivity contribution in [3.8, 4) is 5.88 Å². The fourth-order valence-corrected chi connectivity index (χ4v) is 5.25. The summed E-state index contributed by atoms with van der Waals surface area (Å²) in [5.74, 6) is -0.0984. The molecule has 1 aliphatic heterocycles. The van der Waals surface area contributed by atoms with Crippen molar-refractivity contribution < 1.29 is 28.6 Å². The van der Waals surface area contributed by atoms with Gasteiger partial charge in [-0.1, -0.05) is 42.5 Å². The van der Waals surface area contributed by atoms with Gasteiger partial charge in [-0.15, -0.1) is 6.58 Å². The highest BCUT2D eigenvalue weighted by molar-refractivity contribution is 6.07. The largest absolute Gasteiger partial charge is 0.472 e. The van der Waals surface area contributed by atoms with Crippen LogP contribution in [0.5, 0.6) is 5.88 Å². The molecule has 0 unspecified atom stereocenters. The summed E-state index contributed by atoms with van der Waals surface area (Å²) in [6, 6.07) is 14.3. The van der Waals surface area contributed by atoms with Gasteiger partial charge in [-0.25, -0.2) is 19.5 Å². The van der Waals surface area contributed by atoms with Gasteiger partial charge in [0.2, 0.25) is 5.88 Å². The monoisotopic (exact) mass is 545 g/mol. The molecule has 4 atom stereocenters. The first-order valence-corrected chi connectivity index (χ1v) is 13.7. The fraction of sp³-hybridized carbons (Fsp3) is 0.419. The van der Waals surface area contributed by atoms with Crippen molar-refractivity contribution in [2.75, 3.05) is 13.2 Å². The van der Waals surface area contributed by atoms with E-state index in [0.717, 1.165) is 26.6 Å². The van der Waals surface area contributed by atoms with Crippen LogP contribution in [0, 0.1) is 5.92 Å². The number of carbonyl (C=O) groups is 3. The number of likely N-dealkylation sites (tertiary alicyclic amines) is 1. The Kier molecular flexibility index (Phi) is 7.40. The molecule has 2 aliphatic rings. The first kappa shape index (κ1) is 27.4. The van der Waals surface area contributed by atoms with Crippen LogP contribution in [0.4, 0.5) is 9.59 Å². The molecule has 1 saturated heterocycles. The lowest BCUT2D eigenvalue weighted by Gasteiger charge is -2.30. The molecule has 1 aromatic heterocycles. The molecule has 0 N–H and O–H groups in total. The second-order valence-corrected chi connectivity index (χ2v) is 11.2. The molecule has 5 rings (SSSR count). The van der Waals surface area contributed by atoms with Gasteiger partial charge in [0.25, 0.3) is 5.91 Å². The van der Waals surface area contributed by atoms with Crippen LogP contribution in [0.3, 0.4) is 0 Å². The van der Waals surface area contributed by atoms with E-state index in [-0.39, 0.29) is 31.5 Å². The standard InChI is InChI=1S/C31H35N3O6/c1-6-19-16-25(19)34(30(37)38-7-2)28(35)26-17-20(18-33(26)29(36)40-31(3,4)5)39-27-23-14-9-8-12-21(23)22-13-10-11-15-24(22)32-27/h6,8-15,19-20,25-26H,1,7,16-18H2,2-5H3/t19-,20-,25-,26+/m1/s1. The number of amides is 3. The summed E-state index contributed by atoms with van der Waals surface area (Å²) >= 11 is 0. The summed E-state index contributed by atoms with van der Waals surface area (Å²) in [7, 11) is 0. The van der Waals surface area contributed by atoms with Gasteiger partial charge < -0.3 is 14.2 Å². The smallest absolute Gasteiger partial charge is 0.416 e. The summed E-state index contributed by atoms with van der Waals surface area (Å²) in [6.45, 7) is 11.0. The number of rotatable bonds is 6. The Morgan fingerprint density at radius 3 is 2.38 bits per heavy atom. The third kappa shape index (κ3) is 5.46. The van der Waals surface area contributed by atoms with E-state index < -0.39 is 35.8 Å². The third-order valence-electron chi connectivity index (χ3n) is 7.17. The molecule has 1 aliphatic carbocycles. The number of carbonyl (C=O) groups excluding carboxylic acids is 3. The lowest BCUT2D eigenvalue weighted by molar-refractivity contribution is -0.134. The Balaban J connectivity index is 1.47. The molecule has 9 nitrogen and oxygen atoms in total. The van der Waals surface area contributed by atoms with Crippen LogP contribution in [0.25, 0.3) is 21.7 Å². The van der Waals surface area contributed by atoms with Gasteiger partial charge >= 0.3 is 12.2 Å². The maximum atomic E-state index is 13.9. The Hall–Kier alpha value is -4.14. The Bertz CT molecular complexity index is 1460. The molecular formula is C31H35N3O6. The molecule has 1 saturated carbocycles. The molecule has 2 aromatic carbocycles. The predicted molar refractivity (Wildman–Crippen MR) is 151 cm³/mol. The highest BCUT2D eigenvalue weighted by atomic mass is 16.6. The van der Waals surface area contributed by atoms with Gasteiger partial charge in [0.15, 0.2) is 0 Å². The summed E-state index contributed by atoms with van der Waals surface area (Å²) < 4.78 is 17.3. The molecular weight excluding hydrogens is 510 g/mol. The average molecular weight is 546 g/mol. The second kappa shape index (κ2) is 10.8. The molecule has 210 valence electrons. The summed E-state index contributed by atoms with van der Waals surface area (Å²) in [5, 5.41) is 2.83. The maximum absolute atomic E-state index is 13.9. The SMILES string of the molecule is C=C[C@@H]1C[C@H]1N(C(=O)OCC)C(=O)[C@@H]1C[C@@H](Oc2nc3ccccc3c3ccccc23)CN1C(=O)OC(C)(C)C. The zero-order valence-corrected chi connectivity index (χ0v) is 23.3. The van der Waals surface area contributed by atoms with Crippen LogP contribution < -0.4 is 4.74 Å². The number of nitrogens with zero attached hydrogens (tertiary/aromatic N) is 3. The van der Waals surface area contributed by atoms with Crippen molar-refractivity contribution in [1.29, 1.82) is 0 Å².